The Hall–Kier alpha value is -7.76. The standard InChI is InChI=1S/C20H14F2N4O2.C19H14F2N2O3.C2H6N2O/c1-12-23-20(28-25-12)14-4-2-3-13(7-14)11-26-19(27)6-5-18(24-26)15-8-16(21)10-17(22)9-15;1-26-19(25)13-4-2-3-12(7-13)11-23-18(24)6-5-17(22-23)14-8-15(20)10-16(21)9-14;1-2(3)4-5/h2-10H,11H2,1H3;2-10H,11H2,1H3;5H,1H3,(H2,3,4). The molecule has 0 bridgehead atoms. The van der Waals surface area contributed by atoms with E-state index >= 15 is 0 Å². The molecule has 0 radical (unpaired) electrons. The van der Waals surface area contributed by atoms with Gasteiger partial charge in [-0.3, -0.25) is 9.59 Å². The third-order valence-electron chi connectivity index (χ3n) is 7.92. The van der Waals surface area contributed by atoms with Crippen LogP contribution in [0.5, 0.6) is 0 Å². The third kappa shape index (κ3) is 11.9. The lowest BCUT2D eigenvalue weighted by Gasteiger charge is -2.09. The van der Waals surface area contributed by atoms with E-state index in [0.717, 1.165) is 40.1 Å². The fourth-order valence-corrected chi connectivity index (χ4v) is 5.31. The molecule has 14 nitrogen and oxygen atoms in total. The molecule has 0 spiro atoms. The van der Waals surface area contributed by atoms with Crippen molar-refractivity contribution >= 4 is 11.8 Å². The molecule has 0 amide bonds. The van der Waals surface area contributed by atoms with E-state index in [0.29, 0.717) is 28.5 Å². The Kier molecular flexibility index (Phi) is 13.9. The van der Waals surface area contributed by atoms with Crippen molar-refractivity contribution in [3.63, 3.8) is 0 Å². The summed E-state index contributed by atoms with van der Waals surface area (Å²) in [4.78, 5) is 40.1. The highest BCUT2D eigenvalue weighted by molar-refractivity contribution is 5.89. The number of halogens is 4. The van der Waals surface area contributed by atoms with Gasteiger partial charge in [0.05, 0.1) is 37.2 Å². The highest BCUT2D eigenvalue weighted by Gasteiger charge is 2.12. The van der Waals surface area contributed by atoms with Crippen molar-refractivity contribution in [3.05, 3.63) is 176 Å². The molecule has 0 aliphatic rings. The van der Waals surface area contributed by atoms with Crippen LogP contribution >= 0.6 is 0 Å². The topological polar surface area (TPSA) is 194 Å². The molecular weight excluding hydrogens is 776 g/mol. The first kappa shape index (κ1) is 42.4. The Morgan fingerprint density at radius 3 is 1.64 bits per heavy atom. The van der Waals surface area contributed by atoms with Gasteiger partial charge >= 0.3 is 5.97 Å². The second-order valence-electron chi connectivity index (χ2n) is 12.5. The number of benzene rings is 4. The largest absolute Gasteiger partial charge is 0.465 e. The predicted octanol–water partition coefficient (Wildman–Crippen LogP) is 6.37. The quantitative estimate of drug-likeness (QED) is 0.0433. The number of hydrogen-bond acceptors (Lipinski definition) is 11. The normalized spacial score (nSPS) is 10.9. The minimum absolute atomic E-state index is 0.0926. The number of rotatable bonds is 8. The van der Waals surface area contributed by atoms with Crippen LogP contribution in [0, 0.1) is 30.2 Å². The zero-order chi connectivity index (χ0) is 42.6. The Bertz CT molecular complexity index is 2710. The highest BCUT2D eigenvalue weighted by atomic mass is 19.1. The van der Waals surface area contributed by atoms with E-state index in [-0.39, 0.29) is 46.9 Å². The summed E-state index contributed by atoms with van der Waals surface area (Å²) < 4.78 is 66.0. The van der Waals surface area contributed by atoms with Crippen molar-refractivity contribution < 1.29 is 36.8 Å². The van der Waals surface area contributed by atoms with Gasteiger partial charge in [-0.15, -0.1) is 0 Å². The van der Waals surface area contributed by atoms with Gasteiger partial charge < -0.3 is 20.2 Å². The smallest absolute Gasteiger partial charge is 0.337 e. The van der Waals surface area contributed by atoms with E-state index in [9.17, 15) is 31.9 Å². The Balaban J connectivity index is 0.000000202. The Labute approximate surface area is 332 Å². The number of nitrogens with two attached hydrogens (primary N) is 1. The molecule has 0 atom stereocenters. The zero-order valence-electron chi connectivity index (χ0n) is 31.5. The van der Waals surface area contributed by atoms with Crippen molar-refractivity contribution in [2.45, 2.75) is 26.9 Å². The molecule has 0 saturated carbocycles. The molecule has 3 aromatic heterocycles. The first-order valence-electron chi connectivity index (χ1n) is 17.3. The van der Waals surface area contributed by atoms with E-state index in [4.69, 9.17) is 15.5 Å². The number of carbonyl (C=O) groups is 1. The number of hydrogen-bond donors (Lipinski definition) is 2. The van der Waals surface area contributed by atoms with Crippen molar-refractivity contribution in [2.75, 3.05) is 7.11 Å². The van der Waals surface area contributed by atoms with Gasteiger partial charge in [-0.05, 0) is 85.6 Å². The van der Waals surface area contributed by atoms with E-state index in [1.807, 2.05) is 18.2 Å². The molecule has 7 aromatic rings. The number of aryl methyl sites for hydroxylation is 1. The summed E-state index contributed by atoms with van der Waals surface area (Å²) in [5, 5.41) is 22.4. The molecule has 7 rings (SSSR count). The van der Waals surface area contributed by atoms with Crippen LogP contribution in [-0.2, 0) is 17.8 Å². The van der Waals surface area contributed by atoms with E-state index in [1.54, 1.807) is 37.3 Å². The third-order valence-corrected chi connectivity index (χ3v) is 7.92. The van der Waals surface area contributed by atoms with Gasteiger partial charge in [0, 0.05) is 41.0 Å². The summed E-state index contributed by atoms with van der Waals surface area (Å²) in [6.45, 7) is 3.49. The van der Waals surface area contributed by atoms with Gasteiger partial charge in [-0.25, -0.2) is 31.7 Å². The second-order valence-corrected chi connectivity index (χ2v) is 12.5. The van der Waals surface area contributed by atoms with Crippen LogP contribution in [-0.4, -0.2) is 53.8 Å². The number of nitrogens with zero attached hydrogens (tertiary/aromatic N) is 7. The first-order chi connectivity index (χ1) is 28.2. The molecule has 59 heavy (non-hydrogen) atoms. The average molecular weight is 811 g/mol. The van der Waals surface area contributed by atoms with Gasteiger partial charge in [0.1, 0.15) is 29.1 Å². The van der Waals surface area contributed by atoms with Crippen molar-refractivity contribution in [3.8, 4) is 34.0 Å². The predicted molar refractivity (Wildman–Crippen MR) is 207 cm³/mol. The van der Waals surface area contributed by atoms with Crippen molar-refractivity contribution in [1.29, 1.82) is 0 Å². The molecule has 18 heteroatoms. The van der Waals surface area contributed by atoms with Gasteiger partial charge in [-0.1, -0.05) is 34.6 Å². The molecular formula is C41H34F4N8O6. The minimum Gasteiger partial charge on any atom is -0.465 e. The van der Waals surface area contributed by atoms with Gasteiger partial charge in [0.25, 0.3) is 17.0 Å². The molecule has 3 heterocycles. The lowest BCUT2D eigenvalue weighted by molar-refractivity contribution is 0.0600. The summed E-state index contributed by atoms with van der Waals surface area (Å²) >= 11 is 0. The monoisotopic (exact) mass is 810 g/mol. The summed E-state index contributed by atoms with van der Waals surface area (Å²) in [6, 6.07) is 25.4. The fourth-order valence-electron chi connectivity index (χ4n) is 5.31. The van der Waals surface area contributed by atoms with Gasteiger partial charge in [0.2, 0.25) is 0 Å². The van der Waals surface area contributed by atoms with Crippen LogP contribution in [0.25, 0.3) is 34.0 Å². The number of amidine groups is 1. The van der Waals surface area contributed by atoms with Crippen LogP contribution in [0.1, 0.15) is 34.2 Å². The lowest BCUT2D eigenvalue weighted by Crippen LogP contribution is -2.23. The molecule has 0 unspecified atom stereocenters. The van der Waals surface area contributed by atoms with Crippen LogP contribution in [0.4, 0.5) is 17.6 Å². The number of esters is 1. The summed E-state index contributed by atoms with van der Waals surface area (Å²) in [5.74, 6) is -2.29. The molecule has 0 saturated heterocycles. The van der Waals surface area contributed by atoms with Crippen molar-refractivity contribution in [1.82, 2.24) is 29.7 Å². The van der Waals surface area contributed by atoms with E-state index < -0.39 is 29.2 Å². The Morgan fingerprint density at radius 1 is 0.729 bits per heavy atom. The SMILES string of the molecule is C/C(N)=N/O.COC(=O)c1cccc(Cn2nc(-c3cc(F)cc(F)c3)ccc2=O)c1.Cc1noc(-c2cccc(Cn3nc(-c4cc(F)cc(F)c4)ccc3=O)c2)n1. The molecule has 4 aromatic carbocycles. The van der Waals surface area contributed by atoms with E-state index in [1.165, 1.54) is 55.1 Å². The number of carbonyl (C=O) groups excluding carboxylic acids is 1. The molecule has 302 valence electrons. The summed E-state index contributed by atoms with van der Waals surface area (Å²) in [6.07, 6.45) is 0. The van der Waals surface area contributed by atoms with Crippen LogP contribution in [0.3, 0.4) is 0 Å². The maximum absolute atomic E-state index is 13.5. The van der Waals surface area contributed by atoms with Crippen LogP contribution in [0.15, 0.2) is 128 Å². The molecule has 0 fully saturated rings. The number of aromatic nitrogens is 6. The van der Waals surface area contributed by atoms with E-state index in [2.05, 4.69) is 30.2 Å². The molecule has 0 aliphatic heterocycles. The number of oxime groups is 1. The summed E-state index contributed by atoms with van der Waals surface area (Å²) in [7, 11) is 1.28. The number of ether oxygens (including phenoxy) is 1. The van der Waals surface area contributed by atoms with Gasteiger partial charge in [-0.2, -0.15) is 15.2 Å². The number of methoxy groups -OCH3 is 1. The van der Waals surface area contributed by atoms with Crippen molar-refractivity contribution in [2.24, 2.45) is 10.9 Å². The summed E-state index contributed by atoms with van der Waals surface area (Å²) in [5.41, 5.74) is 7.61. The average Bonchev–Trinajstić information content (AvgIpc) is 3.65. The minimum atomic E-state index is -0.731. The Morgan fingerprint density at radius 2 is 1.20 bits per heavy atom. The lowest BCUT2D eigenvalue weighted by atomic mass is 10.1. The molecule has 0 aliphatic carbocycles. The van der Waals surface area contributed by atoms with Crippen LogP contribution < -0.4 is 16.9 Å². The second kappa shape index (κ2) is 19.4. The zero-order valence-corrected chi connectivity index (χ0v) is 31.5. The van der Waals surface area contributed by atoms with Crippen LogP contribution in [0.2, 0.25) is 0 Å². The maximum atomic E-state index is 13.5. The maximum Gasteiger partial charge on any atom is 0.337 e. The first-order valence-corrected chi connectivity index (χ1v) is 17.3. The fraction of sp³-hybridized carbons (Fsp3) is 0.122. The molecule has 3 N–H and O–H groups in total. The van der Waals surface area contributed by atoms with Gasteiger partial charge in [0.15, 0.2) is 5.82 Å². The highest BCUT2D eigenvalue weighted by Crippen LogP contribution is 2.22.